The Balaban J connectivity index is 0.983. The molecule has 0 atom stereocenters. The van der Waals surface area contributed by atoms with Gasteiger partial charge >= 0.3 is 0 Å². The minimum atomic E-state index is 0.556. The summed E-state index contributed by atoms with van der Waals surface area (Å²) in [5.41, 5.74) is 14.5. The molecule has 0 fully saturated rings. The zero-order chi connectivity index (χ0) is 39.7. The van der Waals surface area contributed by atoms with Crippen LogP contribution in [0.25, 0.3) is 84.4 Å². The highest BCUT2D eigenvalue weighted by molar-refractivity contribution is 5.86. The highest BCUT2D eigenvalue weighted by atomic mass is 16.4. The first-order chi connectivity index (χ1) is 29.1. The molecule has 7 heteroatoms. The quantitative estimate of drug-likeness (QED) is 0.128. The van der Waals surface area contributed by atoms with Gasteiger partial charge in [-0.05, 0) is 138 Å². The fourth-order valence-electron chi connectivity index (χ4n) is 7.32. The van der Waals surface area contributed by atoms with Crippen molar-refractivity contribution in [1.82, 2.24) is 15.0 Å². The zero-order valence-electron chi connectivity index (χ0n) is 32.1. The highest BCUT2D eigenvalue weighted by Gasteiger charge is 2.18. The van der Waals surface area contributed by atoms with Gasteiger partial charge in [0.15, 0.2) is 16.7 Å². The molecule has 3 aromatic heterocycles. The van der Waals surface area contributed by atoms with Crippen molar-refractivity contribution in [3.63, 3.8) is 0 Å². The second kappa shape index (κ2) is 15.1. The summed E-state index contributed by atoms with van der Waals surface area (Å²) in [5, 5.41) is 0. The number of nitrogens with zero attached hydrogens (tertiary/aromatic N) is 4. The summed E-state index contributed by atoms with van der Waals surface area (Å²) >= 11 is 0. The van der Waals surface area contributed by atoms with Gasteiger partial charge in [0.1, 0.15) is 16.6 Å². The standard InChI is InChI=1S/C52H36N4O3/c1-3-5-11-34(4-2)39-22-30-45-48(32-39)58-51(54-45)37-18-26-42(27-19-37)56(41-24-16-36(17-25-41)50-53-44-14-9-10-15-47(44)57-50)43-28-20-38(21-29-43)52-55-46-31-23-40(33-49(46)59-52)35-12-7-6-8-13-35/h3-33H,1H2,2H3/b11-5-,34-4+. The third-order valence-electron chi connectivity index (χ3n) is 10.4. The maximum absolute atomic E-state index is 6.32. The number of fused-ring (bicyclic) bond motifs is 3. The zero-order valence-corrected chi connectivity index (χ0v) is 32.1. The molecule has 0 saturated carbocycles. The lowest BCUT2D eigenvalue weighted by molar-refractivity contribution is 0.619. The SMILES string of the molecule is C=C/C=C\C(=C/C)c1ccc2nc(-c3ccc(N(c4ccc(-c5nc6ccccc6o5)cc4)c4ccc(-c5nc6ccc(-c7ccccc7)cc6o5)cc4)cc3)oc2c1. The molecule has 10 rings (SSSR count). The van der Waals surface area contributed by atoms with Crippen LogP contribution in [0, 0.1) is 0 Å². The number of hydrogen-bond acceptors (Lipinski definition) is 7. The summed E-state index contributed by atoms with van der Waals surface area (Å²) < 4.78 is 18.7. The predicted octanol–water partition coefficient (Wildman–Crippen LogP) is 14.4. The van der Waals surface area contributed by atoms with Gasteiger partial charge in [-0.15, -0.1) is 0 Å². The third-order valence-corrected chi connectivity index (χ3v) is 10.4. The van der Waals surface area contributed by atoms with Crippen LogP contribution in [0.5, 0.6) is 0 Å². The maximum Gasteiger partial charge on any atom is 0.227 e. The molecule has 0 unspecified atom stereocenters. The number of benzene rings is 7. The van der Waals surface area contributed by atoms with Crippen LogP contribution in [0.15, 0.2) is 208 Å². The van der Waals surface area contributed by atoms with Gasteiger partial charge in [-0.3, -0.25) is 0 Å². The van der Waals surface area contributed by atoms with E-state index in [4.69, 9.17) is 28.2 Å². The lowest BCUT2D eigenvalue weighted by Gasteiger charge is -2.26. The summed E-state index contributed by atoms with van der Waals surface area (Å²) in [4.78, 5) is 16.6. The highest BCUT2D eigenvalue weighted by Crippen LogP contribution is 2.39. The van der Waals surface area contributed by atoms with E-state index in [2.05, 4.69) is 78.2 Å². The second-order valence-electron chi connectivity index (χ2n) is 14.1. The van der Waals surface area contributed by atoms with Crippen molar-refractivity contribution < 1.29 is 13.3 Å². The summed E-state index contributed by atoms with van der Waals surface area (Å²) in [6.07, 6.45) is 7.79. The summed E-state index contributed by atoms with van der Waals surface area (Å²) in [5.74, 6) is 1.70. The van der Waals surface area contributed by atoms with E-state index in [1.165, 1.54) is 0 Å². The average molecular weight is 765 g/mol. The van der Waals surface area contributed by atoms with E-state index in [1.807, 2.05) is 122 Å². The number of para-hydroxylation sites is 2. The van der Waals surface area contributed by atoms with E-state index in [9.17, 15) is 0 Å². The van der Waals surface area contributed by atoms with E-state index in [1.54, 1.807) is 6.08 Å². The molecule has 0 aliphatic heterocycles. The Bertz CT molecular complexity index is 3140. The largest absolute Gasteiger partial charge is 0.436 e. The number of anilines is 3. The van der Waals surface area contributed by atoms with Gasteiger partial charge in [-0.2, -0.15) is 0 Å². The van der Waals surface area contributed by atoms with E-state index < -0.39 is 0 Å². The summed E-state index contributed by atoms with van der Waals surface area (Å²) in [7, 11) is 0. The van der Waals surface area contributed by atoms with Crippen LogP contribution in [0.1, 0.15) is 12.5 Å². The van der Waals surface area contributed by atoms with Gasteiger partial charge in [0.05, 0.1) is 0 Å². The molecule has 10 aromatic rings. The van der Waals surface area contributed by atoms with Crippen LogP contribution < -0.4 is 4.90 Å². The number of hydrogen-bond donors (Lipinski definition) is 0. The van der Waals surface area contributed by atoms with Gasteiger partial charge in [0, 0.05) is 33.8 Å². The van der Waals surface area contributed by atoms with Crippen LogP contribution in [-0.2, 0) is 0 Å². The first-order valence-corrected chi connectivity index (χ1v) is 19.4. The fraction of sp³-hybridized carbons (Fsp3) is 0.0192. The Morgan fingerprint density at radius 3 is 1.49 bits per heavy atom. The summed E-state index contributed by atoms with van der Waals surface area (Å²) in [6, 6.07) is 55.1. The molecule has 59 heavy (non-hydrogen) atoms. The molecule has 0 aliphatic carbocycles. The van der Waals surface area contributed by atoms with Crippen molar-refractivity contribution in [1.29, 1.82) is 0 Å². The number of oxazole rings is 3. The number of rotatable bonds is 10. The van der Waals surface area contributed by atoms with Crippen LogP contribution in [-0.4, -0.2) is 15.0 Å². The van der Waals surface area contributed by atoms with Gasteiger partial charge in [0.2, 0.25) is 17.7 Å². The molecule has 0 spiro atoms. The first kappa shape index (κ1) is 35.4. The minimum absolute atomic E-state index is 0.556. The normalized spacial score (nSPS) is 11.9. The summed E-state index contributed by atoms with van der Waals surface area (Å²) in [6.45, 7) is 5.81. The van der Waals surface area contributed by atoms with Gasteiger partial charge in [0.25, 0.3) is 0 Å². The van der Waals surface area contributed by atoms with Crippen molar-refractivity contribution in [2.45, 2.75) is 6.92 Å². The van der Waals surface area contributed by atoms with Crippen molar-refractivity contribution in [3.05, 3.63) is 200 Å². The van der Waals surface area contributed by atoms with E-state index in [0.717, 1.165) is 89.3 Å². The lowest BCUT2D eigenvalue weighted by Crippen LogP contribution is -2.09. The predicted molar refractivity (Wildman–Crippen MR) is 239 cm³/mol. The Morgan fingerprint density at radius 2 is 0.949 bits per heavy atom. The monoisotopic (exact) mass is 764 g/mol. The lowest BCUT2D eigenvalue weighted by atomic mass is 10.0. The van der Waals surface area contributed by atoms with Crippen LogP contribution in [0.3, 0.4) is 0 Å². The van der Waals surface area contributed by atoms with E-state index in [0.29, 0.717) is 17.7 Å². The molecule has 3 heterocycles. The van der Waals surface area contributed by atoms with Gasteiger partial charge in [-0.25, -0.2) is 15.0 Å². The molecule has 0 aliphatic rings. The average Bonchev–Trinajstić information content (AvgIpc) is 4.05. The molecule has 282 valence electrons. The Kier molecular flexibility index (Phi) is 9.08. The van der Waals surface area contributed by atoms with Gasteiger partial charge in [-0.1, -0.05) is 85.5 Å². The first-order valence-electron chi connectivity index (χ1n) is 19.4. The maximum atomic E-state index is 6.32. The molecule has 7 aromatic carbocycles. The smallest absolute Gasteiger partial charge is 0.227 e. The fourth-order valence-corrected chi connectivity index (χ4v) is 7.32. The van der Waals surface area contributed by atoms with Crippen molar-refractivity contribution in [2.75, 3.05) is 4.90 Å². The molecular weight excluding hydrogens is 729 g/mol. The van der Waals surface area contributed by atoms with Crippen molar-refractivity contribution >= 4 is 55.9 Å². The molecule has 0 N–H and O–H groups in total. The molecular formula is C52H36N4O3. The van der Waals surface area contributed by atoms with E-state index >= 15 is 0 Å². The van der Waals surface area contributed by atoms with Crippen molar-refractivity contribution in [3.8, 4) is 45.5 Å². The minimum Gasteiger partial charge on any atom is -0.436 e. The van der Waals surface area contributed by atoms with Crippen LogP contribution >= 0.6 is 0 Å². The van der Waals surface area contributed by atoms with Crippen LogP contribution in [0.4, 0.5) is 17.1 Å². The molecule has 7 nitrogen and oxygen atoms in total. The van der Waals surface area contributed by atoms with Gasteiger partial charge < -0.3 is 18.2 Å². The number of allylic oxidation sites excluding steroid dienone is 5. The molecule has 0 radical (unpaired) electrons. The third kappa shape index (κ3) is 6.91. The topological polar surface area (TPSA) is 81.3 Å². The molecule has 0 saturated heterocycles. The van der Waals surface area contributed by atoms with E-state index in [-0.39, 0.29) is 0 Å². The Hall–Kier alpha value is -8.03. The Labute approximate surface area is 340 Å². The second-order valence-corrected chi connectivity index (χ2v) is 14.1. The van der Waals surface area contributed by atoms with Crippen molar-refractivity contribution in [2.24, 2.45) is 0 Å². The molecule has 0 bridgehead atoms. The number of aromatic nitrogens is 3. The molecule has 0 amide bonds. The van der Waals surface area contributed by atoms with Crippen LogP contribution in [0.2, 0.25) is 0 Å². The Morgan fingerprint density at radius 1 is 0.475 bits per heavy atom.